The molecular weight excluding hydrogens is 539 g/mol. The van der Waals surface area contributed by atoms with Gasteiger partial charge in [-0.25, -0.2) is 14.4 Å². The molecule has 4 aliphatic rings. The summed E-state index contributed by atoms with van der Waals surface area (Å²) in [5.41, 5.74) is 2.66. The molecule has 2 aromatic heterocycles. The first-order valence-corrected chi connectivity index (χ1v) is 14.5. The number of ether oxygens (including phenoxy) is 3. The van der Waals surface area contributed by atoms with Gasteiger partial charge in [-0.3, -0.25) is 14.7 Å². The smallest absolute Gasteiger partial charge is 0.258 e. The molecule has 10 nitrogen and oxygen atoms in total. The van der Waals surface area contributed by atoms with Crippen LogP contribution in [0.3, 0.4) is 0 Å². The fourth-order valence-corrected chi connectivity index (χ4v) is 6.89. The van der Waals surface area contributed by atoms with Crippen molar-refractivity contribution in [2.75, 3.05) is 38.3 Å². The highest BCUT2D eigenvalue weighted by Crippen LogP contribution is 2.52. The molecular formula is C31H35FN6O4. The lowest BCUT2D eigenvalue weighted by molar-refractivity contribution is -0.0349. The number of pyridine rings is 1. The van der Waals surface area contributed by atoms with E-state index in [1.165, 1.54) is 30.1 Å². The number of halogens is 1. The zero-order valence-electron chi connectivity index (χ0n) is 24.1. The lowest BCUT2D eigenvalue weighted by Gasteiger charge is -2.58. The number of rotatable bonds is 6. The number of benzene rings is 1. The van der Waals surface area contributed by atoms with Gasteiger partial charge in [-0.2, -0.15) is 0 Å². The lowest BCUT2D eigenvalue weighted by atomic mass is 9.61. The summed E-state index contributed by atoms with van der Waals surface area (Å²) in [5, 5.41) is 0. The Labute approximate surface area is 244 Å². The number of hydrogen-bond acceptors (Lipinski definition) is 9. The van der Waals surface area contributed by atoms with Crippen molar-refractivity contribution >= 4 is 11.7 Å². The van der Waals surface area contributed by atoms with Crippen LogP contribution in [0, 0.1) is 11.2 Å². The van der Waals surface area contributed by atoms with E-state index in [1.807, 2.05) is 26.1 Å². The minimum atomic E-state index is -0.501. The highest BCUT2D eigenvalue weighted by molar-refractivity contribution is 5.97. The molecule has 1 saturated carbocycles. The maximum atomic E-state index is 14.4. The van der Waals surface area contributed by atoms with Crippen LogP contribution < -0.4 is 14.4 Å². The van der Waals surface area contributed by atoms with Gasteiger partial charge in [0.05, 0.1) is 42.8 Å². The molecule has 0 radical (unpaired) electrons. The van der Waals surface area contributed by atoms with Gasteiger partial charge in [-0.05, 0) is 58.0 Å². The monoisotopic (exact) mass is 574 g/mol. The topological polar surface area (TPSA) is 93.1 Å². The summed E-state index contributed by atoms with van der Waals surface area (Å²) < 4.78 is 32.6. The van der Waals surface area contributed by atoms with Crippen molar-refractivity contribution in [2.24, 2.45) is 5.41 Å². The van der Waals surface area contributed by atoms with Crippen molar-refractivity contribution in [3.05, 3.63) is 65.6 Å². The Morgan fingerprint density at radius 3 is 2.62 bits per heavy atom. The Hall–Kier alpha value is -3.83. The Bertz CT molecular complexity index is 1500. The van der Waals surface area contributed by atoms with Crippen LogP contribution in [0.5, 0.6) is 17.2 Å². The molecule has 2 saturated heterocycles. The number of nitrogens with zero attached hydrogens (tertiary/aromatic N) is 6. The van der Waals surface area contributed by atoms with Crippen molar-refractivity contribution in [2.45, 2.75) is 58.0 Å². The van der Waals surface area contributed by atoms with Gasteiger partial charge in [-0.1, -0.05) is 0 Å². The van der Waals surface area contributed by atoms with Crippen LogP contribution in [-0.4, -0.2) is 82.2 Å². The van der Waals surface area contributed by atoms with E-state index in [9.17, 15) is 9.18 Å². The van der Waals surface area contributed by atoms with Gasteiger partial charge in [0.1, 0.15) is 29.7 Å². The van der Waals surface area contributed by atoms with Crippen LogP contribution in [0.25, 0.3) is 0 Å². The standard InChI is InChI=1S/C31H35FN6O4/c1-19-14-40-15-20(2)38(19)30(39)23-8-21(32)4-5-26(23)42-28-11-33-18-35-29(28)37-16-31(17-37)9-22(10-31)41-27-6-7-34-25-13-36(3)12-24(25)27/h4-8,11,18-20,22H,9-10,12-17H2,1-3H3/t19-,20+. The molecule has 3 aliphatic heterocycles. The Kier molecular flexibility index (Phi) is 6.73. The van der Waals surface area contributed by atoms with E-state index in [2.05, 4.69) is 31.8 Å². The van der Waals surface area contributed by atoms with Crippen molar-refractivity contribution in [1.29, 1.82) is 0 Å². The molecule has 1 aliphatic carbocycles. The SMILES string of the molecule is C[C@@H]1COC[C@H](C)N1C(=O)c1cc(F)ccc1Oc1cncnc1N1CC2(CC(Oc3ccnc4c3CN(C)C4)C2)C1. The summed E-state index contributed by atoms with van der Waals surface area (Å²) in [6.45, 7) is 8.10. The third-order valence-corrected chi connectivity index (χ3v) is 8.87. The zero-order chi connectivity index (χ0) is 29.0. The molecule has 5 heterocycles. The Morgan fingerprint density at radius 2 is 1.83 bits per heavy atom. The molecule has 1 spiro atoms. The van der Waals surface area contributed by atoms with Gasteiger partial charge in [-0.15, -0.1) is 0 Å². The molecule has 1 aromatic carbocycles. The predicted octanol–water partition coefficient (Wildman–Crippen LogP) is 4.05. The van der Waals surface area contributed by atoms with Crippen LogP contribution in [0.2, 0.25) is 0 Å². The number of amides is 1. The lowest BCUT2D eigenvalue weighted by Crippen LogP contribution is -2.65. The molecule has 2 atom stereocenters. The zero-order valence-corrected chi connectivity index (χ0v) is 24.1. The third-order valence-electron chi connectivity index (χ3n) is 8.87. The van der Waals surface area contributed by atoms with Gasteiger partial charge in [0, 0.05) is 43.4 Å². The number of carbonyl (C=O) groups excluding carboxylic acids is 1. The van der Waals surface area contributed by atoms with Crippen LogP contribution in [0.1, 0.15) is 48.3 Å². The molecule has 42 heavy (non-hydrogen) atoms. The first-order valence-electron chi connectivity index (χ1n) is 14.5. The van der Waals surface area contributed by atoms with E-state index in [0.717, 1.165) is 50.5 Å². The first-order chi connectivity index (χ1) is 20.3. The van der Waals surface area contributed by atoms with Crippen molar-refractivity contribution in [1.82, 2.24) is 24.8 Å². The van der Waals surface area contributed by atoms with E-state index >= 15 is 0 Å². The predicted molar refractivity (Wildman–Crippen MR) is 152 cm³/mol. The molecule has 1 amide bonds. The molecule has 0 N–H and O–H groups in total. The van der Waals surface area contributed by atoms with Gasteiger partial charge in [0.2, 0.25) is 0 Å². The van der Waals surface area contributed by atoms with Gasteiger partial charge in [0.25, 0.3) is 5.91 Å². The number of fused-ring (bicyclic) bond motifs is 1. The quantitative estimate of drug-likeness (QED) is 0.432. The molecule has 3 fully saturated rings. The normalized spacial score (nSPS) is 23.3. The summed E-state index contributed by atoms with van der Waals surface area (Å²) in [5.74, 6) is 1.52. The van der Waals surface area contributed by atoms with Crippen LogP contribution in [-0.2, 0) is 17.8 Å². The van der Waals surface area contributed by atoms with Crippen LogP contribution in [0.4, 0.5) is 10.2 Å². The van der Waals surface area contributed by atoms with Gasteiger partial charge in [0.15, 0.2) is 11.6 Å². The van der Waals surface area contributed by atoms with E-state index < -0.39 is 5.82 Å². The number of aromatic nitrogens is 3. The van der Waals surface area contributed by atoms with Crippen LogP contribution >= 0.6 is 0 Å². The van der Waals surface area contributed by atoms with Gasteiger partial charge >= 0.3 is 0 Å². The fraction of sp³-hybridized carbons (Fsp3) is 0.484. The second-order valence-electron chi connectivity index (χ2n) is 12.3. The van der Waals surface area contributed by atoms with E-state index in [4.69, 9.17) is 14.2 Å². The first kappa shape index (κ1) is 27.0. The van der Waals surface area contributed by atoms with Crippen molar-refractivity contribution in [3.8, 4) is 17.2 Å². The molecule has 0 bridgehead atoms. The average molecular weight is 575 g/mol. The van der Waals surface area contributed by atoms with E-state index in [-0.39, 0.29) is 40.8 Å². The summed E-state index contributed by atoms with van der Waals surface area (Å²) >= 11 is 0. The maximum absolute atomic E-state index is 14.4. The van der Waals surface area contributed by atoms with Gasteiger partial charge < -0.3 is 24.0 Å². The molecule has 220 valence electrons. The summed E-state index contributed by atoms with van der Waals surface area (Å²) in [4.78, 5) is 33.0. The number of anilines is 1. The molecule has 0 unspecified atom stereocenters. The summed E-state index contributed by atoms with van der Waals surface area (Å²) in [7, 11) is 2.09. The van der Waals surface area contributed by atoms with E-state index in [1.54, 1.807) is 11.1 Å². The van der Waals surface area contributed by atoms with Crippen molar-refractivity contribution in [3.63, 3.8) is 0 Å². The summed E-state index contributed by atoms with van der Waals surface area (Å²) in [6.07, 6.45) is 7.07. The number of morpholine rings is 1. The maximum Gasteiger partial charge on any atom is 0.258 e. The molecule has 11 heteroatoms. The third kappa shape index (κ3) is 4.84. The Balaban J connectivity index is 1.03. The summed E-state index contributed by atoms with van der Waals surface area (Å²) in [6, 6.07) is 5.73. The second kappa shape index (κ2) is 10.5. The largest absolute Gasteiger partial charge is 0.490 e. The van der Waals surface area contributed by atoms with Crippen molar-refractivity contribution < 1.29 is 23.4 Å². The number of carbonyl (C=O) groups is 1. The second-order valence-corrected chi connectivity index (χ2v) is 12.3. The average Bonchev–Trinajstić information content (AvgIpc) is 3.31. The molecule has 3 aromatic rings. The van der Waals surface area contributed by atoms with E-state index in [0.29, 0.717) is 24.8 Å². The highest BCUT2D eigenvalue weighted by atomic mass is 19.1. The fourth-order valence-electron chi connectivity index (χ4n) is 6.89. The minimum Gasteiger partial charge on any atom is -0.490 e. The Morgan fingerprint density at radius 1 is 1.05 bits per heavy atom. The number of hydrogen-bond donors (Lipinski definition) is 0. The van der Waals surface area contributed by atoms with Crippen LogP contribution in [0.15, 0.2) is 43.0 Å². The highest BCUT2D eigenvalue weighted by Gasteiger charge is 2.54. The minimum absolute atomic E-state index is 0.138. The molecule has 7 rings (SSSR count).